The largest absolute Gasteiger partial charge is 0.504 e. The molecule has 3 nitrogen and oxygen atoms in total. The molecule has 2 aromatic rings. The Kier molecular flexibility index (Phi) is 3.90. The smallest absolute Gasteiger partial charge is 0.160 e. The molecule has 2 aromatic carbocycles. The van der Waals surface area contributed by atoms with Gasteiger partial charge in [-0.15, -0.1) is 0 Å². The Morgan fingerprint density at radius 3 is 2.68 bits per heavy atom. The quantitative estimate of drug-likeness (QED) is 0.885. The summed E-state index contributed by atoms with van der Waals surface area (Å²) in [6.07, 6.45) is 0. The normalized spacial score (nSPS) is 10.3. The van der Waals surface area contributed by atoms with Gasteiger partial charge in [0.05, 0.1) is 7.11 Å². The third-order valence-corrected chi connectivity index (χ3v) is 2.93. The second kappa shape index (κ2) is 5.61. The lowest BCUT2D eigenvalue weighted by molar-refractivity contribution is 0.373. The highest BCUT2D eigenvalue weighted by Crippen LogP contribution is 2.26. The number of benzene rings is 2. The van der Waals surface area contributed by atoms with Crippen LogP contribution >= 0.6 is 0 Å². The van der Waals surface area contributed by atoms with Gasteiger partial charge in [0.15, 0.2) is 11.5 Å². The molecule has 0 aliphatic heterocycles. The van der Waals surface area contributed by atoms with Gasteiger partial charge in [0.1, 0.15) is 5.82 Å². The number of anilines is 1. The van der Waals surface area contributed by atoms with E-state index in [1.165, 1.54) is 19.2 Å². The summed E-state index contributed by atoms with van der Waals surface area (Å²) < 4.78 is 18.1. The first kappa shape index (κ1) is 13.2. The molecule has 0 unspecified atom stereocenters. The highest BCUT2D eigenvalue weighted by molar-refractivity contribution is 5.51. The summed E-state index contributed by atoms with van der Waals surface area (Å²) in [5.41, 5.74) is 2.61. The molecule has 2 N–H and O–H groups in total. The van der Waals surface area contributed by atoms with E-state index in [9.17, 15) is 9.50 Å². The molecule has 2 rings (SSSR count). The molecule has 0 atom stereocenters. The van der Waals surface area contributed by atoms with E-state index in [0.29, 0.717) is 12.3 Å². The topological polar surface area (TPSA) is 41.5 Å². The van der Waals surface area contributed by atoms with E-state index in [2.05, 4.69) is 5.32 Å². The van der Waals surface area contributed by atoms with Gasteiger partial charge in [-0.1, -0.05) is 12.1 Å². The average molecular weight is 261 g/mol. The van der Waals surface area contributed by atoms with Crippen molar-refractivity contribution in [3.8, 4) is 11.5 Å². The van der Waals surface area contributed by atoms with Gasteiger partial charge in [0, 0.05) is 12.2 Å². The number of ether oxygens (including phenoxy) is 1. The van der Waals surface area contributed by atoms with Crippen molar-refractivity contribution in [3.63, 3.8) is 0 Å². The fourth-order valence-corrected chi connectivity index (χ4v) is 1.83. The predicted molar refractivity (Wildman–Crippen MR) is 73.1 cm³/mol. The molecule has 0 heterocycles. The minimum Gasteiger partial charge on any atom is -0.504 e. The molecule has 0 spiro atoms. The third-order valence-electron chi connectivity index (χ3n) is 2.93. The zero-order valence-electron chi connectivity index (χ0n) is 10.9. The number of methoxy groups -OCH3 is 1. The summed E-state index contributed by atoms with van der Waals surface area (Å²) in [5.74, 6) is 0.258. The van der Waals surface area contributed by atoms with Crippen LogP contribution in [0.4, 0.5) is 10.1 Å². The lowest BCUT2D eigenvalue weighted by atomic mass is 10.1. The van der Waals surface area contributed by atoms with Gasteiger partial charge >= 0.3 is 0 Å². The summed E-state index contributed by atoms with van der Waals surface area (Å²) in [6.45, 7) is 2.41. The molecule has 0 amide bonds. The number of rotatable bonds is 4. The maximum Gasteiger partial charge on any atom is 0.160 e. The summed E-state index contributed by atoms with van der Waals surface area (Å²) in [5, 5.41) is 12.8. The average Bonchev–Trinajstić information content (AvgIpc) is 2.40. The summed E-state index contributed by atoms with van der Waals surface area (Å²) in [7, 11) is 1.50. The first-order chi connectivity index (χ1) is 9.10. The van der Waals surface area contributed by atoms with Crippen molar-refractivity contribution in [2.45, 2.75) is 13.5 Å². The molecule has 0 aliphatic carbocycles. The minimum atomic E-state index is -0.273. The van der Waals surface area contributed by atoms with Crippen LogP contribution in [0.3, 0.4) is 0 Å². The van der Waals surface area contributed by atoms with Crippen molar-refractivity contribution >= 4 is 5.69 Å². The molecule has 0 bridgehead atoms. The number of hydrogen-bond acceptors (Lipinski definition) is 3. The van der Waals surface area contributed by atoms with Gasteiger partial charge in [-0.25, -0.2) is 4.39 Å². The minimum absolute atomic E-state index is 0.0952. The van der Waals surface area contributed by atoms with Gasteiger partial charge in [-0.3, -0.25) is 0 Å². The van der Waals surface area contributed by atoms with Crippen molar-refractivity contribution < 1.29 is 14.2 Å². The molecule has 4 heteroatoms. The van der Waals surface area contributed by atoms with Crippen LogP contribution in [0, 0.1) is 12.7 Å². The number of nitrogens with one attached hydrogen (secondary N) is 1. The molecule has 0 aliphatic rings. The monoisotopic (exact) mass is 261 g/mol. The van der Waals surface area contributed by atoms with Crippen molar-refractivity contribution in [3.05, 3.63) is 53.3 Å². The fourth-order valence-electron chi connectivity index (χ4n) is 1.83. The van der Waals surface area contributed by atoms with Crippen LogP contribution in [0.5, 0.6) is 11.5 Å². The van der Waals surface area contributed by atoms with Gasteiger partial charge in [-0.05, 0) is 42.3 Å². The van der Waals surface area contributed by atoms with Crippen molar-refractivity contribution in [1.29, 1.82) is 0 Å². The van der Waals surface area contributed by atoms with Crippen LogP contribution in [0.15, 0.2) is 36.4 Å². The summed E-state index contributed by atoms with van der Waals surface area (Å²) in [4.78, 5) is 0. The number of aromatic hydroxyl groups is 1. The number of phenols is 1. The zero-order valence-corrected chi connectivity index (χ0v) is 10.9. The molecule has 0 saturated heterocycles. The van der Waals surface area contributed by atoms with E-state index < -0.39 is 0 Å². The van der Waals surface area contributed by atoms with E-state index in [1.54, 1.807) is 18.2 Å². The molecular formula is C15H16FNO2. The van der Waals surface area contributed by atoms with Crippen LogP contribution in [0.25, 0.3) is 0 Å². The number of hydrogen-bond donors (Lipinski definition) is 2. The molecule has 0 saturated carbocycles. The van der Waals surface area contributed by atoms with Crippen LogP contribution in [-0.2, 0) is 6.54 Å². The van der Waals surface area contributed by atoms with Crippen LogP contribution in [0.1, 0.15) is 11.1 Å². The maximum absolute atomic E-state index is 13.1. The van der Waals surface area contributed by atoms with E-state index in [1.807, 2.05) is 13.0 Å². The highest BCUT2D eigenvalue weighted by atomic mass is 19.1. The Morgan fingerprint density at radius 2 is 2.00 bits per heavy atom. The van der Waals surface area contributed by atoms with Crippen molar-refractivity contribution in [2.24, 2.45) is 0 Å². The number of halogens is 1. The van der Waals surface area contributed by atoms with Gasteiger partial charge in [-0.2, -0.15) is 0 Å². The molecule has 19 heavy (non-hydrogen) atoms. The Balaban J connectivity index is 2.10. The Hall–Kier alpha value is -2.23. The van der Waals surface area contributed by atoms with Gasteiger partial charge in [0.2, 0.25) is 0 Å². The standard InChI is InChI=1S/C15H16FNO2/c1-10-3-5-12(16)8-13(10)17-9-11-4-6-15(19-2)14(18)7-11/h3-8,17-18H,9H2,1-2H3. The predicted octanol–water partition coefficient (Wildman–Crippen LogP) is 3.46. The Bertz CT molecular complexity index is 584. The SMILES string of the molecule is COc1ccc(CNc2cc(F)ccc2C)cc1O. The van der Waals surface area contributed by atoms with Crippen LogP contribution < -0.4 is 10.1 Å². The van der Waals surface area contributed by atoms with Gasteiger partial charge in [0.25, 0.3) is 0 Å². The third kappa shape index (κ3) is 3.16. The molecule has 0 aromatic heterocycles. The molecular weight excluding hydrogens is 245 g/mol. The van der Waals surface area contributed by atoms with Crippen molar-refractivity contribution in [1.82, 2.24) is 0 Å². The second-order valence-electron chi connectivity index (χ2n) is 4.32. The van der Waals surface area contributed by atoms with E-state index in [4.69, 9.17) is 4.74 Å². The summed E-state index contributed by atoms with van der Waals surface area (Å²) >= 11 is 0. The summed E-state index contributed by atoms with van der Waals surface area (Å²) in [6, 6.07) is 9.78. The Labute approximate surface area is 111 Å². The Morgan fingerprint density at radius 1 is 1.21 bits per heavy atom. The molecule has 100 valence electrons. The van der Waals surface area contributed by atoms with Crippen LogP contribution in [-0.4, -0.2) is 12.2 Å². The molecule has 0 fully saturated rings. The van der Waals surface area contributed by atoms with Crippen LogP contribution in [0.2, 0.25) is 0 Å². The number of aryl methyl sites for hydroxylation is 1. The first-order valence-corrected chi connectivity index (χ1v) is 5.96. The van der Waals surface area contributed by atoms with E-state index in [0.717, 1.165) is 16.8 Å². The maximum atomic E-state index is 13.1. The van der Waals surface area contributed by atoms with Crippen molar-refractivity contribution in [2.75, 3.05) is 12.4 Å². The second-order valence-corrected chi connectivity index (χ2v) is 4.32. The van der Waals surface area contributed by atoms with E-state index >= 15 is 0 Å². The first-order valence-electron chi connectivity index (χ1n) is 5.96. The van der Waals surface area contributed by atoms with Gasteiger partial charge < -0.3 is 15.2 Å². The lowest BCUT2D eigenvalue weighted by Gasteiger charge is -2.11. The lowest BCUT2D eigenvalue weighted by Crippen LogP contribution is -2.01. The zero-order chi connectivity index (χ0) is 13.8. The highest BCUT2D eigenvalue weighted by Gasteiger charge is 2.04. The molecule has 0 radical (unpaired) electrons. The van der Waals surface area contributed by atoms with E-state index in [-0.39, 0.29) is 11.6 Å². The number of phenolic OH excluding ortho intramolecular Hbond substituents is 1. The fraction of sp³-hybridized carbons (Fsp3) is 0.200.